The lowest BCUT2D eigenvalue weighted by atomic mass is 10.1. The highest BCUT2D eigenvalue weighted by Gasteiger charge is 2.20. The van der Waals surface area contributed by atoms with Crippen LogP contribution in [0.2, 0.25) is 0 Å². The number of unbranched alkanes of at least 4 members (excludes halogenated alkanes) is 1. The molecular formula is C14H21NS. The molecule has 1 aromatic carbocycles. The molecule has 0 saturated heterocycles. The van der Waals surface area contributed by atoms with Crippen molar-refractivity contribution < 1.29 is 0 Å². The molecule has 1 nitrogen and oxygen atoms in total. The quantitative estimate of drug-likeness (QED) is 0.758. The van der Waals surface area contributed by atoms with Crippen molar-refractivity contribution in [2.75, 3.05) is 13.1 Å². The number of nitrogens with one attached hydrogen (secondary N) is 1. The monoisotopic (exact) mass is 235 g/mol. The standard InChI is InChI=1S/C14H21NS/c1-2-15-10-6-5-8-13-11-12-7-3-4-9-14(12)16-13/h3-4,7,9,13,15H,2,5-6,8,10-11H2,1H3. The van der Waals surface area contributed by atoms with E-state index in [0.29, 0.717) is 0 Å². The maximum Gasteiger partial charge on any atom is 0.0135 e. The molecule has 1 heterocycles. The number of hydrogen-bond donors (Lipinski definition) is 1. The Morgan fingerprint density at radius 2 is 2.19 bits per heavy atom. The molecule has 0 amide bonds. The second-order valence-corrected chi connectivity index (χ2v) is 5.74. The van der Waals surface area contributed by atoms with Gasteiger partial charge in [0.15, 0.2) is 0 Å². The van der Waals surface area contributed by atoms with Gasteiger partial charge in [-0.1, -0.05) is 31.5 Å². The van der Waals surface area contributed by atoms with Crippen LogP contribution in [0, 0.1) is 0 Å². The van der Waals surface area contributed by atoms with Crippen molar-refractivity contribution in [3.63, 3.8) is 0 Å². The predicted molar refractivity (Wildman–Crippen MR) is 72.2 cm³/mol. The van der Waals surface area contributed by atoms with Crippen molar-refractivity contribution >= 4 is 11.8 Å². The molecule has 0 radical (unpaired) electrons. The van der Waals surface area contributed by atoms with Crippen LogP contribution >= 0.6 is 11.8 Å². The molecule has 0 spiro atoms. The molecule has 1 N–H and O–H groups in total. The van der Waals surface area contributed by atoms with Crippen LogP contribution in [-0.4, -0.2) is 18.3 Å². The van der Waals surface area contributed by atoms with E-state index < -0.39 is 0 Å². The molecule has 0 aliphatic carbocycles. The van der Waals surface area contributed by atoms with Gasteiger partial charge >= 0.3 is 0 Å². The van der Waals surface area contributed by atoms with E-state index in [4.69, 9.17) is 0 Å². The lowest BCUT2D eigenvalue weighted by Gasteiger charge is -2.07. The van der Waals surface area contributed by atoms with Crippen molar-refractivity contribution in [3.8, 4) is 0 Å². The van der Waals surface area contributed by atoms with Crippen LogP contribution in [-0.2, 0) is 6.42 Å². The summed E-state index contributed by atoms with van der Waals surface area (Å²) in [7, 11) is 0. The van der Waals surface area contributed by atoms with Crippen molar-refractivity contribution in [1.29, 1.82) is 0 Å². The van der Waals surface area contributed by atoms with Gasteiger partial charge in [0.2, 0.25) is 0 Å². The Morgan fingerprint density at radius 3 is 3.00 bits per heavy atom. The summed E-state index contributed by atoms with van der Waals surface area (Å²) in [6, 6.07) is 8.85. The van der Waals surface area contributed by atoms with Gasteiger partial charge < -0.3 is 5.32 Å². The lowest BCUT2D eigenvalue weighted by Crippen LogP contribution is -2.14. The van der Waals surface area contributed by atoms with Gasteiger partial charge in [0.1, 0.15) is 0 Å². The van der Waals surface area contributed by atoms with E-state index in [-0.39, 0.29) is 0 Å². The molecule has 1 aromatic rings. The summed E-state index contributed by atoms with van der Waals surface area (Å²) in [5.41, 5.74) is 1.56. The molecule has 1 aliphatic rings. The number of benzene rings is 1. The van der Waals surface area contributed by atoms with Crippen LogP contribution in [0.5, 0.6) is 0 Å². The zero-order chi connectivity index (χ0) is 11.2. The van der Waals surface area contributed by atoms with Crippen molar-refractivity contribution in [2.45, 2.75) is 42.8 Å². The van der Waals surface area contributed by atoms with Gasteiger partial charge in [-0.25, -0.2) is 0 Å². The van der Waals surface area contributed by atoms with Crippen molar-refractivity contribution in [3.05, 3.63) is 29.8 Å². The number of thioether (sulfide) groups is 1. The first-order chi connectivity index (χ1) is 7.90. The van der Waals surface area contributed by atoms with E-state index in [2.05, 4.69) is 48.3 Å². The maximum atomic E-state index is 3.38. The third-order valence-corrected chi connectivity index (χ3v) is 4.48. The number of rotatable bonds is 6. The summed E-state index contributed by atoms with van der Waals surface area (Å²) in [6.07, 6.45) is 5.33. The molecule has 88 valence electrons. The number of fused-ring (bicyclic) bond motifs is 1. The van der Waals surface area contributed by atoms with Gasteiger partial charge in [-0.2, -0.15) is 0 Å². The van der Waals surface area contributed by atoms with E-state index in [0.717, 1.165) is 11.8 Å². The average molecular weight is 235 g/mol. The van der Waals surface area contributed by atoms with Crippen LogP contribution in [0.25, 0.3) is 0 Å². The molecule has 0 aromatic heterocycles. The topological polar surface area (TPSA) is 12.0 Å². The Labute approximate surface area is 103 Å². The minimum absolute atomic E-state index is 0.832. The van der Waals surface area contributed by atoms with Gasteiger partial charge in [-0.15, -0.1) is 11.8 Å². The fourth-order valence-electron chi connectivity index (χ4n) is 2.21. The smallest absolute Gasteiger partial charge is 0.0135 e. The van der Waals surface area contributed by atoms with E-state index in [1.54, 1.807) is 5.56 Å². The highest BCUT2D eigenvalue weighted by Crippen LogP contribution is 2.38. The third kappa shape index (κ3) is 3.26. The molecule has 0 saturated carbocycles. The Kier molecular flexibility index (Phi) is 4.73. The summed E-state index contributed by atoms with van der Waals surface area (Å²) in [5.74, 6) is 0. The van der Waals surface area contributed by atoms with E-state index in [9.17, 15) is 0 Å². The Balaban J connectivity index is 1.67. The molecule has 2 heteroatoms. The minimum Gasteiger partial charge on any atom is -0.317 e. The molecule has 2 rings (SSSR count). The molecule has 1 atom stereocenters. The molecule has 1 aliphatic heterocycles. The Bertz CT molecular complexity index is 299. The molecule has 1 unspecified atom stereocenters. The van der Waals surface area contributed by atoms with Crippen LogP contribution < -0.4 is 5.32 Å². The zero-order valence-electron chi connectivity index (χ0n) is 10.0. The van der Waals surface area contributed by atoms with Crippen molar-refractivity contribution in [2.24, 2.45) is 0 Å². The Hall–Kier alpha value is -0.470. The van der Waals surface area contributed by atoms with E-state index in [1.807, 2.05) is 0 Å². The van der Waals surface area contributed by atoms with Gasteiger partial charge in [-0.05, 0) is 44.0 Å². The first kappa shape index (κ1) is 12.0. The number of hydrogen-bond acceptors (Lipinski definition) is 2. The molecule has 16 heavy (non-hydrogen) atoms. The van der Waals surface area contributed by atoms with Crippen LogP contribution in [0.3, 0.4) is 0 Å². The maximum absolute atomic E-state index is 3.38. The highest BCUT2D eigenvalue weighted by molar-refractivity contribution is 8.00. The predicted octanol–water partition coefficient (Wildman–Crippen LogP) is 3.48. The summed E-state index contributed by atoms with van der Waals surface area (Å²) >= 11 is 2.08. The van der Waals surface area contributed by atoms with Gasteiger partial charge in [-0.3, -0.25) is 0 Å². The summed E-state index contributed by atoms with van der Waals surface area (Å²) < 4.78 is 0. The zero-order valence-corrected chi connectivity index (χ0v) is 10.9. The van der Waals surface area contributed by atoms with Gasteiger partial charge in [0, 0.05) is 10.1 Å². The Morgan fingerprint density at radius 1 is 1.31 bits per heavy atom. The molecule has 0 fully saturated rings. The highest BCUT2D eigenvalue weighted by atomic mass is 32.2. The largest absolute Gasteiger partial charge is 0.317 e. The third-order valence-electron chi connectivity index (χ3n) is 3.09. The van der Waals surface area contributed by atoms with Crippen LogP contribution in [0.15, 0.2) is 29.2 Å². The van der Waals surface area contributed by atoms with Gasteiger partial charge in [0.25, 0.3) is 0 Å². The summed E-state index contributed by atoms with van der Waals surface area (Å²) in [6.45, 7) is 4.45. The molecular weight excluding hydrogens is 214 g/mol. The first-order valence-electron chi connectivity index (χ1n) is 6.35. The van der Waals surface area contributed by atoms with Crippen LogP contribution in [0.4, 0.5) is 0 Å². The average Bonchev–Trinajstić information content (AvgIpc) is 2.71. The van der Waals surface area contributed by atoms with Crippen molar-refractivity contribution in [1.82, 2.24) is 5.32 Å². The fraction of sp³-hybridized carbons (Fsp3) is 0.571. The van der Waals surface area contributed by atoms with E-state index in [1.165, 1.54) is 37.1 Å². The molecule has 0 bridgehead atoms. The van der Waals surface area contributed by atoms with E-state index >= 15 is 0 Å². The second kappa shape index (κ2) is 6.31. The normalized spacial score (nSPS) is 18.7. The van der Waals surface area contributed by atoms with Gasteiger partial charge in [0.05, 0.1) is 0 Å². The summed E-state index contributed by atoms with van der Waals surface area (Å²) in [5, 5.41) is 4.22. The summed E-state index contributed by atoms with van der Waals surface area (Å²) in [4.78, 5) is 1.51. The fourth-order valence-corrected chi connectivity index (χ4v) is 3.58. The first-order valence-corrected chi connectivity index (χ1v) is 7.23. The lowest BCUT2D eigenvalue weighted by molar-refractivity contribution is 0.607. The minimum atomic E-state index is 0.832. The second-order valence-electron chi connectivity index (χ2n) is 4.40. The van der Waals surface area contributed by atoms with Crippen LogP contribution in [0.1, 0.15) is 31.7 Å². The SMILES string of the molecule is CCNCCCCC1Cc2ccccc2S1.